The van der Waals surface area contributed by atoms with Crippen molar-refractivity contribution in [1.82, 2.24) is 4.90 Å². The van der Waals surface area contributed by atoms with Crippen LogP contribution in [0.15, 0.2) is 60.7 Å². The van der Waals surface area contributed by atoms with E-state index in [1.165, 1.54) is 0 Å². The van der Waals surface area contributed by atoms with Crippen LogP contribution in [0.5, 0.6) is 0 Å². The van der Waals surface area contributed by atoms with Crippen LogP contribution < -0.4 is 0 Å². The SMILES string of the molecule is O=C(O)[C@@H](Cc1ccccc1)[C@@H]1CCCN1C(=O)OCc1ccccc1. The molecule has 1 N–H and O–H groups in total. The Bertz CT molecular complexity index is 732. The fourth-order valence-electron chi connectivity index (χ4n) is 3.50. The van der Waals surface area contributed by atoms with Crippen molar-refractivity contribution in [3.05, 3.63) is 71.8 Å². The zero-order valence-electron chi connectivity index (χ0n) is 14.6. The summed E-state index contributed by atoms with van der Waals surface area (Å²) in [5, 5.41) is 9.72. The monoisotopic (exact) mass is 353 g/mol. The molecule has 0 bridgehead atoms. The smallest absolute Gasteiger partial charge is 0.410 e. The van der Waals surface area contributed by atoms with Gasteiger partial charge in [0.15, 0.2) is 0 Å². The number of carbonyl (C=O) groups is 2. The van der Waals surface area contributed by atoms with Gasteiger partial charge in [-0.1, -0.05) is 60.7 Å². The molecule has 0 unspecified atom stereocenters. The van der Waals surface area contributed by atoms with Crippen LogP contribution in [0.4, 0.5) is 4.79 Å². The van der Waals surface area contributed by atoms with Crippen LogP contribution in [0.2, 0.25) is 0 Å². The van der Waals surface area contributed by atoms with E-state index < -0.39 is 18.0 Å². The molecule has 1 aliphatic heterocycles. The van der Waals surface area contributed by atoms with Crippen LogP contribution in [0, 0.1) is 5.92 Å². The van der Waals surface area contributed by atoms with Gasteiger partial charge in [0.2, 0.25) is 0 Å². The predicted molar refractivity (Wildman–Crippen MR) is 97.6 cm³/mol. The average Bonchev–Trinajstić information content (AvgIpc) is 3.15. The Morgan fingerprint density at radius 3 is 2.27 bits per heavy atom. The minimum absolute atomic E-state index is 0.194. The van der Waals surface area contributed by atoms with Gasteiger partial charge in [-0.25, -0.2) is 4.79 Å². The number of hydrogen-bond acceptors (Lipinski definition) is 3. The molecule has 136 valence electrons. The van der Waals surface area contributed by atoms with Crippen LogP contribution in [-0.4, -0.2) is 34.7 Å². The summed E-state index contributed by atoms with van der Waals surface area (Å²) in [6.45, 7) is 0.732. The zero-order chi connectivity index (χ0) is 18.4. The number of rotatable bonds is 6. The Kier molecular flexibility index (Phi) is 5.89. The van der Waals surface area contributed by atoms with Crippen LogP contribution >= 0.6 is 0 Å². The van der Waals surface area contributed by atoms with Crippen molar-refractivity contribution in [1.29, 1.82) is 0 Å². The maximum absolute atomic E-state index is 12.5. The fraction of sp³-hybridized carbons (Fsp3) is 0.333. The second-order valence-electron chi connectivity index (χ2n) is 6.58. The van der Waals surface area contributed by atoms with Crippen molar-refractivity contribution in [2.45, 2.75) is 31.9 Å². The largest absolute Gasteiger partial charge is 0.481 e. The van der Waals surface area contributed by atoms with Crippen LogP contribution in [-0.2, 0) is 22.6 Å². The van der Waals surface area contributed by atoms with Gasteiger partial charge in [-0.3, -0.25) is 4.79 Å². The van der Waals surface area contributed by atoms with Gasteiger partial charge in [0.1, 0.15) is 6.61 Å². The van der Waals surface area contributed by atoms with Gasteiger partial charge in [0.25, 0.3) is 0 Å². The Morgan fingerprint density at radius 1 is 1.04 bits per heavy atom. The molecule has 0 spiro atoms. The first-order chi connectivity index (χ1) is 12.6. The molecule has 1 fully saturated rings. The van der Waals surface area contributed by atoms with Gasteiger partial charge in [0.05, 0.1) is 5.92 Å². The van der Waals surface area contributed by atoms with E-state index in [1.54, 1.807) is 4.90 Å². The van der Waals surface area contributed by atoms with Gasteiger partial charge in [-0.15, -0.1) is 0 Å². The molecule has 0 radical (unpaired) electrons. The Hall–Kier alpha value is -2.82. The van der Waals surface area contributed by atoms with Gasteiger partial charge in [-0.2, -0.15) is 0 Å². The molecule has 26 heavy (non-hydrogen) atoms. The number of carboxylic acids is 1. The van der Waals surface area contributed by atoms with E-state index >= 15 is 0 Å². The minimum Gasteiger partial charge on any atom is -0.481 e. The molecule has 2 aromatic rings. The van der Waals surface area contributed by atoms with Gasteiger partial charge >= 0.3 is 12.1 Å². The molecule has 5 heteroatoms. The quantitative estimate of drug-likeness (QED) is 0.859. The number of benzene rings is 2. The maximum Gasteiger partial charge on any atom is 0.410 e. The van der Waals surface area contributed by atoms with Gasteiger partial charge in [0, 0.05) is 12.6 Å². The molecule has 1 saturated heterocycles. The zero-order valence-corrected chi connectivity index (χ0v) is 14.6. The minimum atomic E-state index is -0.874. The molecule has 1 amide bonds. The third-order valence-electron chi connectivity index (χ3n) is 4.82. The lowest BCUT2D eigenvalue weighted by atomic mass is 9.90. The number of likely N-dealkylation sites (tertiary alicyclic amines) is 1. The second kappa shape index (κ2) is 8.52. The van der Waals surface area contributed by atoms with Crippen molar-refractivity contribution >= 4 is 12.1 Å². The lowest BCUT2D eigenvalue weighted by molar-refractivity contribution is -0.143. The molecule has 0 aromatic heterocycles. The number of carbonyl (C=O) groups excluding carboxylic acids is 1. The van der Waals surface area contributed by atoms with Crippen molar-refractivity contribution in [2.75, 3.05) is 6.54 Å². The van der Waals surface area contributed by atoms with Crippen LogP contribution in [0.3, 0.4) is 0 Å². The number of carboxylic acid groups (broad SMARTS) is 1. The number of aliphatic carboxylic acids is 1. The first-order valence-corrected chi connectivity index (χ1v) is 8.89. The highest BCUT2D eigenvalue weighted by Gasteiger charge is 2.39. The summed E-state index contributed by atoms with van der Waals surface area (Å²) in [7, 11) is 0. The van der Waals surface area contributed by atoms with E-state index in [1.807, 2.05) is 60.7 Å². The summed E-state index contributed by atoms with van der Waals surface area (Å²) >= 11 is 0. The molecule has 0 saturated carbocycles. The summed E-state index contributed by atoms with van der Waals surface area (Å²) in [5.41, 5.74) is 1.88. The van der Waals surface area contributed by atoms with Gasteiger partial charge in [-0.05, 0) is 30.4 Å². The van der Waals surface area contributed by atoms with Crippen molar-refractivity contribution in [2.24, 2.45) is 5.92 Å². The summed E-state index contributed by atoms with van der Waals surface area (Å²) in [6, 6.07) is 18.7. The maximum atomic E-state index is 12.5. The van der Waals surface area contributed by atoms with Crippen molar-refractivity contribution < 1.29 is 19.4 Å². The number of nitrogens with zero attached hydrogens (tertiary/aromatic N) is 1. The number of amides is 1. The van der Waals surface area contributed by atoms with Gasteiger partial charge < -0.3 is 14.7 Å². The highest BCUT2D eigenvalue weighted by Crippen LogP contribution is 2.28. The molecule has 1 aliphatic rings. The standard InChI is InChI=1S/C21H23NO4/c23-20(24)18(14-16-8-3-1-4-9-16)19-12-7-13-22(19)21(25)26-15-17-10-5-2-6-11-17/h1-6,8-11,18-19H,7,12-15H2,(H,23,24)/t18-,19-/m0/s1. The molecular weight excluding hydrogens is 330 g/mol. The topological polar surface area (TPSA) is 66.8 Å². The summed E-state index contributed by atoms with van der Waals surface area (Å²) in [6.07, 6.45) is 1.45. The Labute approximate surface area is 153 Å². The Balaban J connectivity index is 1.66. The first-order valence-electron chi connectivity index (χ1n) is 8.89. The van der Waals surface area contributed by atoms with Crippen LogP contribution in [0.1, 0.15) is 24.0 Å². The lowest BCUT2D eigenvalue weighted by Crippen LogP contribution is -2.43. The molecular formula is C21H23NO4. The van der Waals surface area contributed by atoms with E-state index in [4.69, 9.17) is 4.74 Å². The molecule has 1 heterocycles. The lowest BCUT2D eigenvalue weighted by Gasteiger charge is -2.29. The van der Waals surface area contributed by atoms with E-state index in [0.717, 1.165) is 17.5 Å². The van der Waals surface area contributed by atoms with E-state index in [-0.39, 0.29) is 12.6 Å². The van der Waals surface area contributed by atoms with E-state index in [0.29, 0.717) is 19.4 Å². The molecule has 0 aliphatic carbocycles. The third kappa shape index (κ3) is 4.42. The van der Waals surface area contributed by atoms with Crippen molar-refractivity contribution in [3.8, 4) is 0 Å². The number of ether oxygens (including phenoxy) is 1. The van der Waals surface area contributed by atoms with E-state index in [9.17, 15) is 14.7 Å². The summed E-state index contributed by atoms with van der Waals surface area (Å²) < 4.78 is 5.42. The summed E-state index contributed by atoms with van der Waals surface area (Å²) in [5.74, 6) is -1.51. The Morgan fingerprint density at radius 2 is 1.65 bits per heavy atom. The van der Waals surface area contributed by atoms with Crippen LogP contribution in [0.25, 0.3) is 0 Å². The number of hydrogen-bond donors (Lipinski definition) is 1. The van der Waals surface area contributed by atoms with E-state index in [2.05, 4.69) is 0 Å². The molecule has 2 atom stereocenters. The molecule has 3 rings (SSSR count). The fourth-order valence-corrected chi connectivity index (χ4v) is 3.50. The predicted octanol–water partition coefficient (Wildman–Crippen LogP) is 3.73. The average molecular weight is 353 g/mol. The molecule has 5 nitrogen and oxygen atoms in total. The first kappa shape index (κ1) is 18.0. The third-order valence-corrected chi connectivity index (χ3v) is 4.82. The van der Waals surface area contributed by atoms with Crippen molar-refractivity contribution in [3.63, 3.8) is 0 Å². The molecule has 2 aromatic carbocycles. The normalized spacial score (nSPS) is 17.7. The highest BCUT2D eigenvalue weighted by molar-refractivity contribution is 5.74. The summed E-state index contributed by atoms with van der Waals surface area (Å²) in [4.78, 5) is 26.0. The highest BCUT2D eigenvalue weighted by atomic mass is 16.6. The second-order valence-corrected chi connectivity index (χ2v) is 6.58.